The van der Waals surface area contributed by atoms with Gasteiger partial charge in [0.1, 0.15) is 23.0 Å². The summed E-state index contributed by atoms with van der Waals surface area (Å²) in [5.74, 6) is 0.624. The van der Waals surface area contributed by atoms with Gasteiger partial charge in [-0.15, -0.1) is 12.4 Å². The van der Waals surface area contributed by atoms with Crippen molar-refractivity contribution in [3.8, 4) is 11.3 Å². The molecule has 0 radical (unpaired) electrons. The predicted octanol–water partition coefficient (Wildman–Crippen LogP) is 3.05. The molecule has 8 heteroatoms. The molecular weight excluding hydrogens is 352 g/mol. The second kappa shape index (κ2) is 7.20. The second-order valence-corrected chi connectivity index (χ2v) is 5.43. The molecule has 0 unspecified atom stereocenters. The summed E-state index contributed by atoms with van der Waals surface area (Å²) >= 11 is 0. The highest BCUT2D eigenvalue weighted by Crippen LogP contribution is 2.19. The molecule has 0 aliphatic rings. The highest BCUT2D eigenvalue weighted by molar-refractivity contribution is 6.02. The van der Waals surface area contributed by atoms with Gasteiger partial charge in [0, 0.05) is 24.2 Å². The van der Waals surface area contributed by atoms with Crippen molar-refractivity contribution in [2.75, 3.05) is 11.1 Å². The summed E-state index contributed by atoms with van der Waals surface area (Å²) in [6.07, 6.45) is 5.15. The van der Waals surface area contributed by atoms with E-state index in [0.717, 1.165) is 11.3 Å². The number of nitrogens with two attached hydrogens (primary N) is 1. The Hall–Kier alpha value is -3.45. The van der Waals surface area contributed by atoms with Crippen LogP contribution in [0.4, 0.5) is 11.6 Å². The summed E-state index contributed by atoms with van der Waals surface area (Å²) in [5, 5.41) is 2.72. The van der Waals surface area contributed by atoms with Crippen LogP contribution in [0.1, 0.15) is 10.5 Å². The van der Waals surface area contributed by atoms with Crippen molar-refractivity contribution < 1.29 is 4.79 Å². The maximum atomic E-state index is 12.3. The van der Waals surface area contributed by atoms with Gasteiger partial charge in [0.05, 0.1) is 5.69 Å². The summed E-state index contributed by atoms with van der Waals surface area (Å²) in [5.41, 5.74) is 8.35. The van der Waals surface area contributed by atoms with E-state index >= 15 is 0 Å². The number of hydrogen-bond donors (Lipinski definition) is 2. The SMILES string of the molecule is Cl.Nc1cccc(-c2ccc3nc(C(=O)Nc4ccccn4)cn3c2)n1. The predicted molar refractivity (Wildman–Crippen MR) is 102 cm³/mol. The maximum absolute atomic E-state index is 12.3. The Labute approximate surface area is 155 Å². The third-order valence-corrected chi connectivity index (χ3v) is 3.66. The fourth-order valence-corrected chi connectivity index (χ4v) is 2.48. The van der Waals surface area contributed by atoms with Crippen LogP contribution >= 0.6 is 12.4 Å². The molecule has 0 spiro atoms. The summed E-state index contributed by atoms with van der Waals surface area (Å²) in [4.78, 5) is 25.0. The Morgan fingerprint density at radius 2 is 1.88 bits per heavy atom. The van der Waals surface area contributed by atoms with E-state index in [1.165, 1.54) is 0 Å². The largest absolute Gasteiger partial charge is 0.384 e. The topological polar surface area (TPSA) is 98.2 Å². The van der Waals surface area contributed by atoms with E-state index in [2.05, 4.69) is 20.3 Å². The molecule has 26 heavy (non-hydrogen) atoms. The minimum atomic E-state index is -0.314. The summed E-state index contributed by atoms with van der Waals surface area (Å²) in [7, 11) is 0. The van der Waals surface area contributed by atoms with Gasteiger partial charge in [0.25, 0.3) is 5.91 Å². The number of anilines is 2. The number of amides is 1. The summed E-state index contributed by atoms with van der Waals surface area (Å²) in [6.45, 7) is 0. The van der Waals surface area contributed by atoms with E-state index in [1.807, 2.05) is 30.5 Å². The van der Waals surface area contributed by atoms with Crippen LogP contribution in [0, 0.1) is 0 Å². The number of hydrogen-bond acceptors (Lipinski definition) is 5. The lowest BCUT2D eigenvalue weighted by Crippen LogP contribution is -2.13. The third-order valence-electron chi connectivity index (χ3n) is 3.66. The fraction of sp³-hybridized carbons (Fsp3) is 0. The zero-order valence-electron chi connectivity index (χ0n) is 13.5. The summed E-state index contributed by atoms with van der Waals surface area (Å²) < 4.78 is 1.79. The Bertz CT molecular complexity index is 1060. The van der Waals surface area contributed by atoms with E-state index in [0.29, 0.717) is 23.0 Å². The van der Waals surface area contributed by atoms with Gasteiger partial charge < -0.3 is 15.5 Å². The highest BCUT2D eigenvalue weighted by Gasteiger charge is 2.12. The molecule has 0 aromatic carbocycles. The van der Waals surface area contributed by atoms with Crippen molar-refractivity contribution in [3.05, 3.63) is 72.8 Å². The third kappa shape index (κ3) is 3.47. The van der Waals surface area contributed by atoms with Gasteiger partial charge in [-0.2, -0.15) is 0 Å². The average Bonchev–Trinajstić information content (AvgIpc) is 3.06. The van der Waals surface area contributed by atoms with E-state index in [9.17, 15) is 4.79 Å². The first kappa shape index (κ1) is 17.4. The number of fused-ring (bicyclic) bond motifs is 1. The number of imidazole rings is 1. The van der Waals surface area contributed by atoms with Gasteiger partial charge in [-0.25, -0.2) is 15.0 Å². The van der Waals surface area contributed by atoms with E-state index in [1.54, 1.807) is 41.1 Å². The molecule has 0 saturated heterocycles. The normalized spacial score (nSPS) is 10.3. The molecule has 0 atom stereocenters. The smallest absolute Gasteiger partial charge is 0.277 e. The molecule has 0 fully saturated rings. The molecule has 0 aliphatic heterocycles. The lowest BCUT2D eigenvalue weighted by molar-refractivity contribution is 0.102. The van der Waals surface area contributed by atoms with Crippen LogP contribution in [0.5, 0.6) is 0 Å². The van der Waals surface area contributed by atoms with Crippen LogP contribution in [0.2, 0.25) is 0 Å². The first-order chi connectivity index (χ1) is 12.2. The molecule has 0 saturated carbocycles. The number of carbonyl (C=O) groups excluding carboxylic acids is 1. The van der Waals surface area contributed by atoms with Crippen LogP contribution in [0.15, 0.2) is 67.1 Å². The number of aromatic nitrogens is 4. The molecule has 4 aromatic rings. The number of rotatable bonds is 3. The maximum Gasteiger partial charge on any atom is 0.277 e. The highest BCUT2D eigenvalue weighted by atomic mass is 35.5. The first-order valence-electron chi connectivity index (χ1n) is 7.63. The van der Waals surface area contributed by atoms with Crippen molar-refractivity contribution in [3.63, 3.8) is 0 Å². The molecule has 0 bridgehead atoms. The zero-order chi connectivity index (χ0) is 17.2. The molecular formula is C18H15ClN6O. The fourth-order valence-electron chi connectivity index (χ4n) is 2.48. The molecule has 4 rings (SSSR count). The second-order valence-electron chi connectivity index (χ2n) is 5.43. The Morgan fingerprint density at radius 1 is 1.00 bits per heavy atom. The zero-order valence-corrected chi connectivity index (χ0v) is 14.4. The molecule has 7 nitrogen and oxygen atoms in total. The van der Waals surface area contributed by atoms with Crippen LogP contribution in [0.3, 0.4) is 0 Å². The molecule has 3 N–H and O–H groups in total. The first-order valence-corrected chi connectivity index (χ1v) is 7.63. The van der Waals surface area contributed by atoms with Crippen molar-refractivity contribution in [2.45, 2.75) is 0 Å². The van der Waals surface area contributed by atoms with Crippen LogP contribution in [0.25, 0.3) is 16.9 Å². The van der Waals surface area contributed by atoms with Crippen LogP contribution < -0.4 is 11.1 Å². The van der Waals surface area contributed by atoms with Gasteiger partial charge in [-0.3, -0.25) is 4.79 Å². The van der Waals surface area contributed by atoms with Crippen LogP contribution in [-0.2, 0) is 0 Å². The number of carbonyl (C=O) groups is 1. The van der Waals surface area contributed by atoms with Crippen molar-refractivity contribution in [1.82, 2.24) is 19.4 Å². The van der Waals surface area contributed by atoms with Crippen molar-refractivity contribution in [2.24, 2.45) is 0 Å². The lowest BCUT2D eigenvalue weighted by atomic mass is 10.2. The number of nitrogen functional groups attached to an aromatic ring is 1. The van der Waals surface area contributed by atoms with Gasteiger partial charge in [0.15, 0.2) is 0 Å². The molecule has 4 aromatic heterocycles. The Morgan fingerprint density at radius 3 is 2.65 bits per heavy atom. The van der Waals surface area contributed by atoms with Gasteiger partial charge in [0.2, 0.25) is 0 Å². The van der Waals surface area contributed by atoms with Gasteiger partial charge in [-0.05, 0) is 36.4 Å². The number of nitrogens with one attached hydrogen (secondary N) is 1. The van der Waals surface area contributed by atoms with Crippen molar-refractivity contribution in [1.29, 1.82) is 0 Å². The molecule has 130 valence electrons. The minimum absolute atomic E-state index is 0. The Balaban J connectivity index is 0.00000196. The molecule has 4 heterocycles. The number of nitrogens with zero attached hydrogens (tertiary/aromatic N) is 4. The Kier molecular flexibility index (Phi) is 4.81. The summed E-state index contributed by atoms with van der Waals surface area (Å²) in [6, 6.07) is 14.5. The van der Waals surface area contributed by atoms with Crippen LogP contribution in [-0.4, -0.2) is 25.3 Å². The molecule has 1 amide bonds. The number of halogens is 1. The average molecular weight is 367 g/mol. The van der Waals surface area contributed by atoms with E-state index < -0.39 is 0 Å². The number of pyridine rings is 3. The van der Waals surface area contributed by atoms with E-state index in [-0.39, 0.29) is 18.3 Å². The quantitative estimate of drug-likeness (QED) is 0.580. The lowest BCUT2D eigenvalue weighted by Gasteiger charge is -2.02. The van der Waals surface area contributed by atoms with Gasteiger partial charge >= 0.3 is 0 Å². The van der Waals surface area contributed by atoms with Crippen molar-refractivity contribution >= 4 is 35.6 Å². The standard InChI is InChI=1S/C18H14N6O.ClH/c19-15-5-3-4-13(21-15)12-7-8-17-22-14(11-24(17)10-12)18(25)23-16-6-1-2-9-20-16;/h1-11H,(H2,19,21)(H,20,23,25);1H. The van der Waals surface area contributed by atoms with E-state index in [4.69, 9.17) is 5.73 Å². The van der Waals surface area contributed by atoms with Gasteiger partial charge in [-0.1, -0.05) is 12.1 Å². The molecule has 0 aliphatic carbocycles. The monoisotopic (exact) mass is 366 g/mol. The minimum Gasteiger partial charge on any atom is -0.384 e.